The Hall–Kier alpha value is -2.53. The van der Waals surface area contributed by atoms with Gasteiger partial charge in [0.05, 0.1) is 6.04 Å². The maximum atomic E-state index is 12.8. The summed E-state index contributed by atoms with van der Waals surface area (Å²) < 4.78 is 5.65. The lowest BCUT2D eigenvalue weighted by Gasteiger charge is -2.33. The quantitative estimate of drug-likeness (QED) is 0.887. The van der Waals surface area contributed by atoms with Gasteiger partial charge >= 0.3 is 6.09 Å². The molecule has 0 radical (unpaired) electrons. The molecule has 2 aliphatic heterocycles. The molecular weight excluding hydrogens is 350 g/mol. The zero-order valence-corrected chi connectivity index (χ0v) is 16.1. The Morgan fingerprint density at radius 3 is 2.68 bits per heavy atom. The number of nitrogens with one attached hydrogen (secondary N) is 1. The Labute approximate surface area is 166 Å². The molecule has 2 atom stereocenters. The van der Waals surface area contributed by atoms with Crippen molar-refractivity contribution in [2.45, 2.75) is 31.4 Å². The molecule has 5 nitrogen and oxygen atoms in total. The maximum Gasteiger partial charge on any atom is 0.410 e. The van der Waals surface area contributed by atoms with Gasteiger partial charge in [0.2, 0.25) is 0 Å². The van der Waals surface area contributed by atoms with Crippen LogP contribution in [0.5, 0.6) is 0 Å². The Morgan fingerprint density at radius 1 is 1.04 bits per heavy atom. The fourth-order valence-corrected chi connectivity index (χ4v) is 4.91. The van der Waals surface area contributed by atoms with Crippen LogP contribution in [0.4, 0.5) is 10.5 Å². The van der Waals surface area contributed by atoms with Crippen LogP contribution in [0.1, 0.15) is 41.5 Å². The number of amides is 1. The summed E-state index contributed by atoms with van der Waals surface area (Å²) in [6.45, 7) is 5.24. The molecule has 5 rings (SSSR count). The first-order valence-electron chi connectivity index (χ1n) is 10.4. The Balaban J connectivity index is 1.33. The number of ether oxygens (including phenoxy) is 1. The average molecular weight is 377 g/mol. The molecule has 0 spiro atoms. The second kappa shape index (κ2) is 7.47. The third-order valence-electron chi connectivity index (χ3n) is 6.39. The first-order chi connectivity index (χ1) is 13.8. The number of carbonyl (C=O) groups is 1. The zero-order valence-electron chi connectivity index (χ0n) is 16.1. The summed E-state index contributed by atoms with van der Waals surface area (Å²) in [7, 11) is 0. The van der Waals surface area contributed by atoms with Crippen molar-refractivity contribution in [3.05, 3.63) is 65.2 Å². The van der Waals surface area contributed by atoms with Crippen LogP contribution in [0, 0.1) is 0 Å². The molecule has 0 aromatic heterocycles. The number of nitrogens with zero attached hydrogens (tertiary/aromatic N) is 2. The van der Waals surface area contributed by atoms with E-state index in [4.69, 9.17) is 4.74 Å². The van der Waals surface area contributed by atoms with Crippen LogP contribution in [0.2, 0.25) is 0 Å². The molecule has 1 unspecified atom stereocenters. The monoisotopic (exact) mass is 377 g/mol. The summed E-state index contributed by atoms with van der Waals surface area (Å²) in [6.07, 6.45) is 1.87. The highest BCUT2D eigenvalue weighted by Crippen LogP contribution is 2.50. The lowest BCUT2D eigenvalue weighted by atomic mass is 9.96. The smallest absolute Gasteiger partial charge is 0.410 e. The minimum absolute atomic E-state index is 0.153. The van der Waals surface area contributed by atoms with E-state index in [0.717, 1.165) is 51.1 Å². The standard InChI is InChI=1S/C23H27N3O2/c27-23(28-16-17-4-2-1-3-5-17)26-11-8-18-14-22(26)21-15-19(6-7-20(18)21)25-12-9-24-10-13-25/h1-7,15,18,22,24H,8-14,16H2/t18-,22?/m1/s1. The minimum Gasteiger partial charge on any atom is -0.445 e. The van der Waals surface area contributed by atoms with Crippen LogP contribution in [-0.4, -0.2) is 43.7 Å². The fraction of sp³-hybridized carbons (Fsp3) is 0.435. The highest BCUT2D eigenvalue weighted by Gasteiger charge is 2.41. The lowest BCUT2D eigenvalue weighted by Crippen LogP contribution is -2.43. The molecule has 1 aliphatic carbocycles. The number of benzene rings is 2. The van der Waals surface area contributed by atoms with Crippen molar-refractivity contribution >= 4 is 11.8 Å². The van der Waals surface area contributed by atoms with Crippen molar-refractivity contribution in [3.8, 4) is 0 Å². The molecule has 28 heavy (non-hydrogen) atoms. The van der Waals surface area contributed by atoms with Crippen molar-refractivity contribution in [1.29, 1.82) is 0 Å². The Bertz CT molecular complexity index is 848. The molecule has 0 saturated carbocycles. The summed E-state index contributed by atoms with van der Waals surface area (Å²) in [5.41, 5.74) is 5.07. The first kappa shape index (κ1) is 17.6. The molecule has 5 heteroatoms. The summed E-state index contributed by atoms with van der Waals surface area (Å²) in [6, 6.07) is 16.9. The van der Waals surface area contributed by atoms with E-state index in [0.29, 0.717) is 12.5 Å². The summed E-state index contributed by atoms with van der Waals surface area (Å²) in [4.78, 5) is 17.2. The number of hydrogen-bond donors (Lipinski definition) is 1. The topological polar surface area (TPSA) is 44.8 Å². The number of carbonyl (C=O) groups excluding carboxylic acids is 1. The van der Waals surface area contributed by atoms with Crippen molar-refractivity contribution in [2.24, 2.45) is 0 Å². The number of fused-ring (bicyclic) bond motifs is 5. The summed E-state index contributed by atoms with van der Waals surface area (Å²) in [5.74, 6) is 0.579. The SMILES string of the molecule is O=C(OCc1ccccc1)N1CC[C@@H]2CC1c1cc(N3CCNCC3)ccc12. The maximum absolute atomic E-state index is 12.8. The number of hydrogen-bond acceptors (Lipinski definition) is 4. The largest absolute Gasteiger partial charge is 0.445 e. The van der Waals surface area contributed by atoms with E-state index in [1.165, 1.54) is 16.8 Å². The van der Waals surface area contributed by atoms with Gasteiger partial charge < -0.3 is 19.9 Å². The van der Waals surface area contributed by atoms with Gasteiger partial charge in [-0.15, -0.1) is 0 Å². The molecule has 2 heterocycles. The summed E-state index contributed by atoms with van der Waals surface area (Å²) >= 11 is 0. The molecule has 2 aromatic rings. The lowest BCUT2D eigenvalue weighted by molar-refractivity contribution is 0.0694. The van der Waals surface area contributed by atoms with E-state index in [1.54, 1.807) is 0 Å². The number of likely N-dealkylation sites (tertiary alicyclic amines) is 1. The van der Waals surface area contributed by atoms with Crippen LogP contribution in [-0.2, 0) is 11.3 Å². The van der Waals surface area contributed by atoms with Gasteiger partial charge in [0.1, 0.15) is 6.61 Å². The van der Waals surface area contributed by atoms with Gasteiger partial charge in [-0.1, -0.05) is 36.4 Å². The first-order valence-corrected chi connectivity index (χ1v) is 10.4. The molecule has 2 bridgehead atoms. The normalized spacial score (nSPS) is 23.4. The third kappa shape index (κ3) is 3.24. The highest BCUT2D eigenvalue weighted by atomic mass is 16.6. The third-order valence-corrected chi connectivity index (χ3v) is 6.39. The fourth-order valence-electron chi connectivity index (χ4n) is 4.91. The van der Waals surface area contributed by atoms with Crippen LogP contribution in [0.25, 0.3) is 0 Å². The molecule has 2 saturated heterocycles. The van der Waals surface area contributed by atoms with E-state index in [9.17, 15) is 4.79 Å². The van der Waals surface area contributed by atoms with Gasteiger partial charge in [-0.25, -0.2) is 4.79 Å². The van der Waals surface area contributed by atoms with Crippen LogP contribution >= 0.6 is 0 Å². The molecule has 146 valence electrons. The van der Waals surface area contributed by atoms with E-state index in [2.05, 4.69) is 28.4 Å². The second-order valence-electron chi connectivity index (χ2n) is 8.02. The van der Waals surface area contributed by atoms with Crippen LogP contribution in [0.3, 0.4) is 0 Å². The molecule has 2 fully saturated rings. The van der Waals surface area contributed by atoms with Gasteiger partial charge in [-0.2, -0.15) is 0 Å². The van der Waals surface area contributed by atoms with Crippen molar-refractivity contribution in [1.82, 2.24) is 10.2 Å². The predicted octanol–water partition coefficient (Wildman–Crippen LogP) is 3.67. The van der Waals surface area contributed by atoms with Crippen molar-refractivity contribution in [3.63, 3.8) is 0 Å². The number of piperidine rings is 1. The van der Waals surface area contributed by atoms with E-state index >= 15 is 0 Å². The Morgan fingerprint density at radius 2 is 1.86 bits per heavy atom. The molecule has 2 aromatic carbocycles. The van der Waals surface area contributed by atoms with Crippen LogP contribution < -0.4 is 10.2 Å². The van der Waals surface area contributed by atoms with E-state index in [-0.39, 0.29) is 12.1 Å². The molecule has 3 aliphatic rings. The number of anilines is 1. The van der Waals surface area contributed by atoms with E-state index in [1.807, 2.05) is 35.2 Å². The molecular formula is C23H27N3O2. The van der Waals surface area contributed by atoms with Gasteiger partial charge in [-0.05, 0) is 47.6 Å². The average Bonchev–Trinajstić information content (AvgIpc) is 3.05. The van der Waals surface area contributed by atoms with Crippen molar-refractivity contribution < 1.29 is 9.53 Å². The summed E-state index contributed by atoms with van der Waals surface area (Å²) in [5, 5.41) is 3.41. The zero-order chi connectivity index (χ0) is 18.9. The van der Waals surface area contributed by atoms with Crippen molar-refractivity contribution in [2.75, 3.05) is 37.6 Å². The number of rotatable bonds is 3. The van der Waals surface area contributed by atoms with Gasteiger partial charge in [0.15, 0.2) is 0 Å². The van der Waals surface area contributed by atoms with E-state index < -0.39 is 0 Å². The molecule has 1 N–H and O–H groups in total. The minimum atomic E-state index is -0.187. The molecule has 1 amide bonds. The van der Waals surface area contributed by atoms with Gasteiger partial charge in [0.25, 0.3) is 0 Å². The predicted molar refractivity (Wildman–Crippen MR) is 110 cm³/mol. The van der Waals surface area contributed by atoms with Gasteiger partial charge in [0, 0.05) is 38.4 Å². The van der Waals surface area contributed by atoms with Crippen LogP contribution in [0.15, 0.2) is 48.5 Å². The number of piperazine rings is 1. The Kier molecular flexibility index (Phi) is 4.69. The van der Waals surface area contributed by atoms with Gasteiger partial charge in [-0.3, -0.25) is 0 Å². The second-order valence-corrected chi connectivity index (χ2v) is 8.02. The highest BCUT2D eigenvalue weighted by molar-refractivity contribution is 5.70.